The van der Waals surface area contributed by atoms with E-state index in [-0.39, 0.29) is 10.8 Å². The fraction of sp³-hybridized carbons (Fsp3) is 0.333. The molecule has 0 saturated carbocycles. The van der Waals surface area contributed by atoms with Crippen LogP contribution in [0.25, 0.3) is 0 Å². The maximum absolute atomic E-state index is 12.4. The average molecular weight is 207 g/mol. The van der Waals surface area contributed by atoms with Crippen LogP contribution in [0.15, 0.2) is 18.2 Å². The zero-order chi connectivity index (χ0) is 10.1. The van der Waals surface area contributed by atoms with Gasteiger partial charge < -0.3 is 4.74 Å². The summed E-state index contributed by atoms with van der Waals surface area (Å²) in [6, 6.07) is 4.66. The fourth-order valence-electron chi connectivity index (χ4n) is 0.882. The molecule has 1 rings (SSSR count). The molecule has 0 aliphatic carbocycles. The Balaban J connectivity index is 2.90. The van der Waals surface area contributed by atoms with Gasteiger partial charge >= 0.3 is 6.11 Å². The van der Waals surface area contributed by atoms with Crippen molar-refractivity contribution in [2.75, 3.05) is 0 Å². The lowest BCUT2D eigenvalue weighted by molar-refractivity contribution is -0.158. The van der Waals surface area contributed by atoms with Crippen LogP contribution in [0.3, 0.4) is 0 Å². The second-order valence-corrected chi connectivity index (χ2v) is 3.25. The van der Waals surface area contributed by atoms with Crippen molar-refractivity contribution in [1.29, 1.82) is 0 Å². The van der Waals surface area contributed by atoms with Crippen LogP contribution in [-0.4, -0.2) is 6.11 Å². The van der Waals surface area contributed by atoms with E-state index in [0.717, 1.165) is 5.56 Å². The second kappa shape index (κ2) is 3.50. The third kappa shape index (κ3) is 3.19. The minimum Gasteiger partial charge on any atom is -0.431 e. The van der Waals surface area contributed by atoms with Crippen molar-refractivity contribution in [2.24, 2.45) is 0 Å². The molecule has 0 N–H and O–H groups in total. The monoisotopic (exact) mass is 206 g/mol. The Kier molecular flexibility index (Phi) is 2.76. The first-order valence-electron chi connectivity index (χ1n) is 3.71. The first-order valence-corrected chi connectivity index (χ1v) is 4.09. The molecule has 0 radical (unpaired) electrons. The quantitative estimate of drug-likeness (QED) is 0.718. The van der Waals surface area contributed by atoms with E-state index < -0.39 is 6.11 Å². The van der Waals surface area contributed by atoms with Crippen molar-refractivity contribution >= 4 is 11.6 Å². The number of hydrogen-bond donors (Lipinski definition) is 0. The number of halogens is 3. The van der Waals surface area contributed by atoms with E-state index in [1.807, 2.05) is 6.92 Å². The molecule has 13 heavy (non-hydrogen) atoms. The SMILES string of the molecule is Cc1ccc(OC(C)(F)F)c(Cl)c1. The summed E-state index contributed by atoms with van der Waals surface area (Å²) in [5.41, 5.74) is 0.900. The summed E-state index contributed by atoms with van der Waals surface area (Å²) in [7, 11) is 0. The zero-order valence-electron chi connectivity index (χ0n) is 7.27. The smallest absolute Gasteiger partial charge is 0.394 e. The van der Waals surface area contributed by atoms with Gasteiger partial charge in [0.25, 0.3) is 0 Å². The van der Waals surface area contributed by atoms with Gasteiger partial charge in [-0.25, -0.2) is 0 Å². The van der Waals surface area contributed by atoms with E-state index >= 15 is 0 Å². The highest BCUT2D eigenvalue weighted by Crippen LogP contribution is 2.29. The average Bonchev–Trinajstić information content (AvgIpc) is 1.93. The van der Waals surface area contributed by atoms with Gasteiger partial charge in [-0.15, -0.1) is 0 Å². The molecule has 72 valence electrons. The molecule has 0 amide bonds. The highest BCUT2D eigenvalue weighted by molar-refractivity contribution is 6.32. The number of ether oxygens (including phenoxy) is 1. The number of aryl methyl sites for hydroxylation is 1. The van der Waals surface area contributed by atoms with Crippen molar-refractivity contribution in [1.82, 2.24) is 0 Å². The summed E-state index contributed by atoms with van der Waals surface area (Å²) in [5.74, 6) is -0.000216. The molecule has 0 atom stereocenters. The first-order chi connectivity index (χ1) is 5.88. The molecule has 1 aromatic carbocycles. The van der Waals surface area contributed by atoms with Crippen molar-refractivity contribution in [3.05, 3.63) is 28.8 Å². The highest BCUT2D eigenvalue weighted by Gasteiger charge is 2.24. The Hall–Kier alpha value is -0.830. The van der Waals surface area contributed by atoms with E-state index in [2.05, 4.69) is 4.74 Å². The minimum absolute atomic E-state index is 0.000216. The molecular formula is C9H9ClF2O. The summed E-state index contributed by atoms with van der Waals surface area (Å²) in [5, 5.41) is 0.196. The number of hydrogen-bond acceptors (Lipinski definition) is 1. The van der Waals surface area contributed by atoms with Crippen LogP contribution in [0.2, 0.25) is 5.02 Å². The Labute approximate surface area is 80.3 Å². The minimum atomic E-state index is -3.20. The van der Waals surface area contributed by atoms with Gasteiger partial charge in [0.1, 0.15) is 5.75 Å². The van der Waals surface area contributed by atoms with E-state index in [1.54, 1.807) is 12.1 Å². The van der Waals surface area contributed by atoms with Crippen LogP contribution in [-0.2, 0) is 0 Å². The standard InChI is InChI=1S/C9H9ClF2O/c1-6-3-4-8(7(10)5-6)13-9(2,11)12/h3-5H,1-2H3. The van der Waals surface area contributed by atoms with Crippen molar-refractivity contribution < 1.29 is 13.5 Å². The van der Waals surface area contributed by atoms with Gasteiger partial charge in [0, 0.05) is 6.92 Å². The predicted octanol–water partition coefficient (Wildman–Crippen LogP) is 3.64. The second-order valence-electron chi connectivity index (χ2n) is 2.84. The Morgan fingerprint density at radius 2 is 2.00 bits per heavy atom. The highest BCUT2D eigenvalue weighted by atomic mass is 35.5. The van der Waals surface area contributed by atoms with Gasteiger partial charge in [-0.2, -0.15) is 8.78 Å². The van der Waals surface area contributed by atoms with Gasteiger partial charge in [0.15, 0.2) is 0 Å². The molecule has 4 heteroatoms. The maximum Gasteiger partial charge on any atom is 0.394 e. The molecule has 0 saturated heterocycles. The van der Waals surface area contributed by atoms with Crippen LogP contribution in [0.5, 0.6) is 5.75 Å². The summed E-state index contributed by atoms with van der Waals surface area (Å²) in [6.45, 7) is 2.49. The largest absolute Gasteiger partial charge is 0.431 e. The van der Waals surface area contributed by atoms with Crippen LogP contribution in [0.4, 0.5) is 8.78 Å². The van der Waals surface area contributed by atoms with Gasteiger partial charge in [-0.05, 0) is 24.6 Å². The van der Waals surface area contributed by atoms with Crippen LogP contribution < -0.4 is 4.74 Å². The van der Waals surface area contributed by atoms with Gasteiger partial charge in [0.05, 0.1) is 5.02 Å². The predicted molar refractivity (Wildman–Crippen MR) is 47.4 cm³/mol. The molecule has 0 aliphatic rings. The molecule has 0 heterocycles. The molecule has 0 fully saturated rings. The molecule has 0 unspecified atom stereocenters. The number of rotatable bonds is 2. The molecule has 0 aliphatic heterocycles. The lowest BCUT2D eigenvalue weighted by atomic mass is 10.2. The summed E-state index contributed by atoms with van der Waals surface area (Å²) >= 11 is 5.68. The summed E-state index contributed by atoms with van der Waals surface area (Å²) < 4.78 is 29.1. The van der Waals surface area contributed by atoms with Crippen molar-refractivity contribution in [3.63, 3.8) is 0 Å². The lowest BCUT2D eigenvalue weighted by Gasteiger charge is -2.14. The van der Waals surface area contributed by atoms with Crippen LogP contribution >= 0.6 is 11.6 Å². The van der Waals surface area contributed by atoms with Crippen LogP contribution in [0.1, 0.15) is 12.5 Å². The Morgan fingerprint density at radius 3 is 2.46 bits per heavy atom. The topological polar surface area (TPSA) is 9.23 Å². The molecule has 0 aromatic heterocycles. The molecular weight excluding hydrogens is 198 g/mol. The third-order valence-electron chi connectivity index (χ3n) is 1.38. The van der Waals surface area contributed by atoms with Gasteiger partial charge in [-0.1, -0.05) is 17.7 Å². The zero-order valence-corrected chi connectivity index (χ0v) is 8.03. The maximum atomic E-state index is 12.4. The summed E-state index contributed by atoms with van der Waals surface area (Å²) in [6.07, 6.45) is -3.20. The lowest BCUT2D eigenvalue weighted by Crippen LogP contribution is -2.19. The Bertz CT molecular complexity index is 307. The van der Waals surface area contributed by atoms with E-state index in [9.17, 15) is 8.78 Å². The van der Waals surface area contributed by atoms with E-state index in [1.165, 1.54) is 6.07 Å². The van der Waals surface area contributed by atoms with Crippen LogP contribution in [0, 0.1) is 6.92 Å². The third-order valence-corrected chi connectivity index (χ3v) is 1.67. The molecule has 1 aromatic rings. The van der Waals surface area contributed by atoms with E-state index in [4.69, 9.17) is 11.6 Å². The van der Waals surface area contributed by atoms with Gasteiger partial charge in [-0.3, -0.25) is 0 Å². The normalized spacial score (nSPS) is 11.5. The van der Waals surface area contributed by atoms with Crippen molar-refractivity contribution in [2.45, 2.75) is 20.0 Å². The number of alkyl halides is 2. The number of benzene rings is 1. The molecule has 0 bridgehead atoms. The first kappa shape index (κ1) is 10.3. The summed E-state index contributed by atoms with van der Waals surface area (Å²) in [4.78, 5) is 0. The Morgan fingerprint density at radius 1 is 1.38 bits per heavy atom. The van der Waals surface area contributed by atoms with Gasteiger partial charge in [0.2, 0.25) is 0 Å². The molecule has 1 nitrogen and oxygen atoms in total. The fourth-order valence-corrected chi connectivity index (χ4v) is 1.16. The van der Waals surface area contributed by atoms with E-state index in [0.29, 0.717) is 6.92 Å². The molecule has 0 spiro atoms. The van der Waals surface area contributed by atoms with Crippen molar-refractivity contribution in [3.8, 4) is 5.75 Å².